The lowest BCUT2D eigenvalue weighted by atomic mass is 10.3. The molecule has 82 valence electrons. The summed E-state index contributed by atoms with van der Waals surface area (Å²) < 4.78 is 5.07. The fourth-order valence-electron chi connectivity index (χ4n) is 1.11. The number of carbonyl (C=O) groups is 1. The molecular weight excluding hydrogens is 192 g/mol. The lowest BCUT2D eigenvalue weighted by Gasteiger charge is -2.13. The van der Waals surface area contributed by atoms with Gasteiger partial charge in [0.05, 0.1) is 6.26 Å². The Kier molecular flexibility index (Phi) is 4.63. The van der Waals surface area contributed by atoms with Crippen molar-refractivity contribution < 1.29 is 9.21 Å². The van der Waals surface area contributed by atoms with Crippen LogP contribution < -0.4 is 5.73 Å². The predicted molar refractivity (Wildman–Crippen MR) is 59.1 cm³/mol. The molecule has 0 aliphatic carbocycles. The second-order valence-electron chi connectivity index (χ2n) is 3.25. The molecule has 0 spiro atoms. The topological polar surface area (TPSA) is 59.5 Å². The van der Waals surface area contributed by atoms with Crippen LogP contribution in [0.3, 0.4) is 0 Å². The number of nitrogens with zero attached hydrogens (tertiary/aromatic N) is 1. The van der Waals surface area contributed by atoms with E-state index >= 15 is 0 Å². The van der Waals surface area contributed by atoms with E-state index in [2.05, 4.69) is 0 Å². The normalized spacial score (nSPS) is 10.8. The van der Waals surface area contributed by atoms with Gasteiger partial charge in [0.15, 0.2) is 0 Å². The number of hydrogen-bond acceptors (Lipinski definition) is 3. The SMILES string of the molecule is CN(CCCN)C(=O)/C=C/c1ccco1. The minimum absolute atomic E-state index is 0.0418. The molecular formula is C11H16N2O2. The lowest BCUT2D eigenvalue weighted by molar-refractivity contribution is -0.124. The Morgan fingerprint density at radius 2 is 2.47 bits per heavy atom. The molecule has 0 fully saturated rings. The van der Waals surface area contributed by atoms with E-state index in [1.54, 1.807) is 36.4 Å². The average Bonchev–Trinajstić information content (AvgIpc) is 2.75. The van der Waals surface area contributed by atoms with Gasteiger partial charge in [0, 0.05) is 19.7 Å². The molecule has 0 radical (unpaired) electrons. The van der Waals surface area contributed by atoms with E-state index in [9.17, 15) is 4.79 Å². The second kappa shape index (κ2) is 6.03. The van der Waals surface area contributed by atoms with Crippen LogP contribution in [-0.4, -0.2) is 30.9 Å². The highest BCUT2D eigenvalue weighted by Crippen LogP contribution is 2.02. The van der Waals surface area contributed by atoms with Crippen LogP contribution in [0.1, 0.15) is 12.2 Å². The van der Waals surface area contributed by atoms with Gasteiger partial charge in [-0.05, 0) is 31.2 Å². The molecule has 2 N–H and O–H groups in total. The van der Waals surface area contributed by atoms with Crippen molar-refractivity contribution in [2.75, 3.05) is 20.1 Å². The first kappa shape index (κ1) is 11.5. The zero-order valence-electron chi connectivity index (χ0n) is 8.85. The maximum absolute atomic E-state index is 11.5. The molecule has 0 saturated carbocycles. The maximum atomic E-state index is 11.5. The second-order valence-corrected chi connectivity index (χ2v) is 3.25. The zero-order chi connectivity index (χ0) is 11.1. The molecule has 4 heteroatoms. The smallest absolute Gasteiger partial charge is 0.246 e. The number of rotatable bonds is 5. The average molecular weight is 208 g/mol. The summed E-state index contributed by atoms with van der Waals surface area (Å²) in [5.41, 5.74) is 5.36. The summed E-state index contributed by atoms with van der Waals surface area (Å²) in [5, 5.41) is 0. The summed E-state index contributed by atoms with van der Waals surface area (Å²) in [6, 6.07) is 3.58. The fraction of sp³-hybridized carbons (Fsp3) is 0.364. The zero-order valence-corrected chi connectivity index (χ0v) is 8.85. The Morgan fingerprint density at radius 1 is 1.67 bits per heavy atom. The number of nitrogens with two attached hydrogens (primary N) is 1. The van der Waals surface area contributed by atoms with E-state index in [4.69, 9.17) is 10.2 Å². The lowest BCUT2D eigenvalue weighted by Crippen LogP contribution is -2.27. The molecule has 1 aromatic rings. The van der Waals surface area contributed by atoms with Gasteiger partial charge in [-0.15, -0.1) is 0 Å². The van der Waals surface area contributed by atoms with Crippen LogP contribution in [0, 0.1) is 0 Å². The highest BCUT2D eigenvalue weighted by atomic mass is 16.3. The summed E-state index contributed by atoms with van der Waals surface area (Å²) in [5.74, 6) is 0.635. The summed E-state index contributed by atoms with van der Waals surface area (Å²) >= 11 is 0. The number of likely N-dealkylation sites (N-methyl/N-ethyl adjacent to an activating group) is 1. The number of furan rings is 1. The van der Waals surface area contributed by atoms with E-state index in [1.165, 1.54) is 6.08 Å². The Hall–Kier alpha value is -1.55. The fourth-order valence-corrected chi connectivity index (χ4v) is 1.11. The van der Waals surface area contributed by atoms with Gasteiger partial charge in [-0.25, -0.2) is 0 Å². The molecule has 0 aliphatic heterocycles. The first-order valence-corrected chi connectivity index (χ1v) is 4.91. The Balaban J connectivity index is 2.41. The van der Waals surface area contributed by atoms with Crippen molar-refractivity contribution in [1.29, 1.82) is 0 Å². The molecule has 0 unspecified atom stereocenters. The van der Waals surface area contributed by atoms with Gasteiger partial charge in [-0.3, -0.25) is 4.79 Å². The molecule has 15 heavy (non-hydrogen) atoms. The molecule has 0 saturated heterocycles. The number of carbonyl (C=O) groups excluding carboxylic acids is 1. The van der Waals surface area contributed by atoms with Crippen LogP contribution in [0.25, 0.3) is 6.08 Å². The largest absolute Gasteiger partial charge is 0.465 e. The highest BCUT2D eigenvalue weighted by molar-refractivity contribution is 5.91. The van der Waals surface area contributed by atoms with Crippen molar-refractivity contribution in [1.82, 2.24) is 4.90 Å². The molecule has 0 aliphatic rings. The quantitative estimate of drug-likeness (QED) is 0.737. The molecule has 0 aromatic carbocycles. The van der Waals surface area contributed by atoms with Crippen molar-refractivity contribution in [2.24, 2.45) is 5.73 Å². The molecule has 1 amide bonds. The predicted octanol–water partition coefficient (Wildman–Crippen LogP) is 1.10. The third kappa shape index (κ3) is 3.99. The van der Waals surface area contributed by atoms with Crippen LogP contribution in [0.4, 0.5) is 0 Å². The molecule has 1 rings (SSSR count). The number of amides is 1. The van der Waals surface area contributed by atoms with Crippen LogP contribution in [0.2, 0.25) is 0 Å². The van der Waals surface area contributed by atoms with Crippen molar-refractivity contribution in [3.05, 3.63) is 30.2 Å². The van der Waals surface area contributed by atoms with Gasteiger partial charge in [-0.1, -0.05) is 0 Å². The summed E-state index contributed by atoms with van der Waals surface area (Å²) in [4.78, 5) is 13.1. The third-order valence-electron chi connectivity index (χ3n) is 2.01. The van der Waals surface area contributed by atoms with Gasteiger partial charge in [0.2, 0.25) is 5.91 Å². The van der Waals surface area contributed by atoms with Gasteiger partial charge < -0.3 is 15.1 Å². The maximum Gasteiger partial charge on any atom is 0.246 e. The van der Waals surface area contributed by atoms with Crippen LogP contribution in [0.15, 0.2) is 28.9 Å². The van der Waals surface area contributed by atoms with E-state index in [0.717, 1.165) is 6.42 Å². The van der Waals surface area contributed by atoms with Gasteiger partial charge in [0.1, 0.15) is 5.76 Å². The third-order valence-corrected chi connectivity index (χ3v) is 2.01. The van der Waals surface area contributed by atoms with E-state index in [-0.39, 0.29) is 5.91 Å². The van der Waals surface area contributed by atoms with Gasteiger partial charge in [0.25, 0.3) is 0 Å². The van der Waals surface area contributed by atoms with Gasteiger partial charge >= 0.3 is 0 Å². The summed E-state index contributed by atoms with van der Waals surface area (Å²) in [6.07, 6.45) is 5.54. The van der Waals surface area contributed by atoms with Crippen molar-refractivity contribution in [3.8, 4) is 0 Å². The molecule has 0 bridgehead atoms. The molecule has 0 atom stereocenters. The Bertz CT molecular complexity index is 317. The minimum Gasteiger partial charge on any atom is -0.465 e. The molecule has 1 heterocycles. The molecule has 1 aromatic heterocycles. The van der Waals surface area contributed by atoms with Crippen molar-refractivity contribution in [2.45, 2.75) is 6.42 Å². The summed E-state index contributed by atoms with van der Waals surface area (Å²) in [6.45, 7) is 1.28. The van der Waals surface area contributed by atoms with Crippen LogP contribution in [-0.2, 0) is 4.79 Å². The van der Waals surface area contributed by atoms with Gasteiger partial charge in [-0.2, -0.15) is 0 Å². The van der Waals surface area contributed by atoms with E-state index < -0.39 is 0 Å². The first-order chi connectivity index (χ1) is 7.24. The first-order valence-electron chi connectivity index (χ1n) is 4.91. The van der Waals surface area contributed by atoms with Crippen LogP contribution in [0.5, 0.6) is 0 Å². The van der Waals surface area contributed by atoms with E-state index in [0.29, 0.717) is 18.8 Å². The van der Waals surface area contributed by atoms with Crippen molar-refractivity contribution >= 4 is 12.0 Å². The van der Waals surface area contributed by atoms with Crippen LogP contribution >= 0.6 is 0 Å². The minimum atomic E-state index is -0.0418. The Labute approximate surface area is 89.4 Å². The summed E-state index contributed by atoms with van der Waals surface area (Å²) in [7, 11) is 1.75. The monoisotopic (exact) mass is 208 g/mol. The molecule has 4 nitrogen and oxygen atoms in total. The standard InChI is InChI=1S/C11H16N2O2/c1-13(8-3-7-12)11(14)6-5-10-4-2-9-15-10/h2,4-6,9H,3,7-8,12H2,1H3/b6-5+. The van der Waals surface area contributed by atoms with Crippen molar-refractivity contribution in [3.63, 3.8) is 0 Å². The number of hydrogen-bond donors (Lipinski definition) is 1. The Morgan fingerprint density at radius 3 is 3.07 bits per heavy atom. The van der Waals surface area contributed by atoms with E-state index in [1.807, 2.05) is 0 Å². The highest BCUT2D eigenvalue weighted by Gasteiger charge is 2.03.